The fourth-order valence-electron chi connectivity index (χ4n) is 2.02. The van der Waals surface area contributed by atoms with Gasteiger partial charge in [0.2, 0.25) is 5.91 Å². The Bertz CT molecular complexity index is 501. The third-order valence-corrected chi connectivity index (χ3v) is 3.38. The highest BCUT2D eigenvalue weighted by molar-refractivity contribution is 6.31. The first-order valence-electron chi connectivity index (χ1n) is 5.99. The summed E-state index contributed by atoms with van der Waals surface area (Å²) in [5.41, 5.74) is 0.518. The van der Waals surface area contributed by atoms with Crippen LogP contribution in [0.15, 0.2) is 18.2 Å². The third-order valence-electron chi connectivity index (χ3n) is 3.02. The summed E-state index contributed by atoms with van der Waals surface area (Å²) in [4.78, 5) is 21.9. The summed E-state index contributed by atoms with van der Waals surface area (Å²) >= 11 is 5.94. The minimum absolute atomic E-state index is 0.0749. The predicted molar refractivity (Wildman–Crippen MR) is 71.2 cm³/mol. The van der Waals surface area contributed by atoms with Crippen molar-refractivity contribution >= 4 is 23.2 Å². The molecule has 0 aliphatic carbocycles. The number of carbonyl (C=O) groups is 1. The van der Waals surface area contributed by atoms with E-state index in [1.807, 2.05) is 0 Å². The van der Waals surface area contributed by atoms with E-state index in [9.17, 15) is 14.9 Å². The Morgan fingerprint density at radius 3 is 2.95 bits per heavy atom. The van der Waals surface area contributed by atoms with Crippen LogP contribution < -0.4 is 10.6 Å². The molecule has 0 bridgehead atoms. The zero-order valence-corrected chi connectivity index (χ0v) is 10.9. The molecule has 102 valence electrons. The van der Waals surface area contributed by atoms with Gasteiger partial charge >= 0.3 is 0 Å². The molecular weight excluding hydrogens is 270 g/mol. The van der Waals surface area contributed by atoms with Gasteiger partial charge in [-0.05, 0) is 18.5 Å². The van der Waals surface area contributed by atoms with Crippen LogP contribution in [0.4, 0.5) is 5.69 Å². The molecule has 2 N–H and O–H groups in total. The van der Waals surface area contributed by atoms with E-state index in [0.29, 0.717) is 5.56 Å². The van der Waals surface area contributed by atoms with Crippen LogP contribution in [0.2, 0.25) is 5.02 Å². The molecule has 7 heteroatoms. The normalized spacial score (nSPS) is 18.3. The first-order valence-corrected chi connectivity index (χ1v) is 6.37. The smallest absolute Gasteiger partial charge is 0.270 e. The van der Waals surface area contributed by atoms with Gasteiger partial charge in [-0.2, -0.15) is 0 Å². The lowest BCUT2D eigenvalue weighted by Crippen LogP contribution is -2.37. The number of amides is 1. The Kier molecular flexibility index (Phi) is 4.34. The van der Waals surface area contributed by atoms with E-state index in [1.165, 1.54) is 18.2 Å². The number of benzene rings is 1. The van der Waals surface area contributed by atoms with Crippen molar-refractivity contribution in [1.29, 1.82) is 0 Å². The average molecular weight is 284 g/mol. The van der Waals surface area contributed by atoms with Crippen LogP contribution in [0.5, 0.6) is 0 Å². The lowest BCUT2D eigenvalue weighted by atomic mass is 10.1. The van der Waals surface area contributed by atoms with Gasteiger partial charge < -0.3 is 10.6 Å². The molecule has 0 aromatic heterocycles. The minimum Gasteiger partial charge on any atom is -0.352 e. The van der Waals surface area contributed by atoms with Gasteiger partial charge in [-0.1, -0.05) is 17.7 Å². The number of carbonyl (C=O) groups excluding carboxylic acids is 1. The highest BCUT2D eigenvalue weighted by Gasteiger charge is 2.18. The van der Waals surface area contributed by atoms with Gasteiger partial charge in [0.25, 0.3) is 5.69 Å². The van der Waals surface area contributed by atoms with E-state index in [2.05, 4.69) is 10.6 Å². The minimum atomic E-state index is -0.514. The Morgan fingerprint density at radius 1 is 1.58 bits per heavy atom. The molecule has 19 heavy (non-hydrogen) atoms. The second-order valence-corrected chi connectivity index (χ2v) is 4.87. The molecule has 0 radical (unpaired) electrons. The van der Waals surface area contributed by atoms with Gasteiger partial charge in [0, 0.05) is 24.7 Å². The summed E-state index contributed by atoms with van der Waals surface area (Å²) in [7, 11) is 0. The number of non-ortho nitro benzene ring substituents is 1. The number of nitro benzene ring substituents is 1. The van der Waals surface area contributed by atoms with Crippen molar-refractivity contribution in [3.8, 4) is 0 Å². The van der Waals surface area contributed by atoms with E-state index < -0.39 is 4.92 Å². The fraction of sp³-hybridized carbons (Fsp3) is 0.417. The summed E-state index contributed by atoms with van der Waals surface area (Å²) in [5.74, 6) is -0.121. The van der Waals surface area contributed by atoms with E-state index in [4.69, 9.17) is 11.6 Å². The van der Waals surface area contributed by atoms with Gasteiger partial charge in [0.15, 0.2) is 0 Å². The van der Waals surface area contributed by atoms with Crippen LogP contribution in [0.25, 0.3) is 0 Å². The molecule has 1 aromatic carbocycles. The number of halogens is 1. The van der Waals surface area contributed by atoms with Gasteiger partial charge in [-0.3, -0.25) is 14.9 Å². The summed E-state index contributed by atoms with van der Waals surface area (Å²) in [6.45, 7) is 1.68. The van der Waals surface area contributed by atoms with Crippen molar-refractivity contribution in [2.24, 2.45) is 0 Å². The lowest BCUT2D eigenvalue weighted by Gasteiger charge is -2.11. The van der Waals surface area contributed by atoms with Crippen LogP contribution in [0, 0.1) is 10.1 Å². The molecule has 1 fully saturated rings. The maximum absolute atomic E-state index is 11.8. The summed E-state index contributed by atoms with van der Waals surface area (Å²) < 4.78 is 0. The molecule has 1 atom stereocenters. The topological polar surface area (TPSA) is 84.3 Å². The highest BCUT2D eigenvalue weighted by atomic mass is 35.5. The van der Waals surface area contributed by atoms with Gasteiger partial charge in [0.1, 0.15) is 0 Å². The monoisotopic (exact) mass is 283 g/mol. The standard InChI is InChI=1S/C12H14ClN3O3/c13-11-6-10(16(18)19)2-1-8(11)5-12(17)15-9-3-4-14-7-9/h1-2,6,9,14H,3-5,7H2,(H,15,17). The molecule has 1 heterocycles. The molecule has 1 aliphatic heterocycles. The molecular formula is C12H14ClN3O3. The van der Waals surface area contributed by atoms with Crippen molar-refractivity contribution in [1.82, 2.24) is 10.6 Å². The summed E-state index contributed by atoms with van der Waals surface area (Å²) in [6.07, 6.45) is 1.05. The van der Waals surface area contributed by atoms with E-state index in [-0.39, 0.29) is 29.1 Å². The second-order valence-electron chi connectivity index (χ2n) is 4.47. The van der Waals surface area contributed by atoms with E-state index >= 15 is 0 Å². The maximum atomic E-state index is 11.8. The molecule has 1 unspecified atom stereocenters. The zero-order valence-electron chi connectivity index (χ0n) is 10.2. The third kappa shape index (κ3) is 3.65. The van der Waals surface area contributed by atoms with Gasteiger partial charge in [-0.25, -0.2) is 0 Å². The molecule has 1 aromatic rings. The average Bonchev–Trinajstić information content (AvgIpc) is 2.84. The van der Waals surface area contributed by atoms with Crippen LogP contribution in [0.1, 0.15) is 12.0 Å². The van der Waals surface area contributed by atoms with Crippen molar-refractivity contribution in [2.75, 3.05) is 13.1 Å². The lowest BCUT2D eigenvalue weighted by molar-refractivity contribution is -0.384. The Morgan fingerprint density at radius 2 is 2.37 bits per heavy atom. The van der Waals surface area contributed by atoms with Crippen molar-refractivity contribution in [3.05, 3.63) is 38.9 Å². The first-order chi connectivity index (χ1) is 9.06. The van der Waals surface area contributed by atoms with Crippen LogP contribution in [-0.2, 0) is 11.2 Å². The molecule has 0 saturated carbocycles. The summed E-state index contributed by atoms with van der Waals surface area (Å²) in [5, 5.41) is 16.9. The predicted octanol–water partition coefficient (Wildman–Crippen LogP) is 1.27. The largest absolute Gasteiger partial charge is 0.352 e. The quantitative estimate of drug-likeness (QED) is 0.644. The fourth-order valence-corrected chi connectivity index (χ4v) is 2.26. The number of hydrogen-bond acceptors (Lipinski definition) is 4. The van der Waals surface area contributed by atoms with E-state index in [0.717, 1.165) is 19.5 Å². The Hall–Kier alpha value is -1.66. The van der Waals surface area contributed by atoms with Crippen LogP contribution in [-0.4, -0.2) is 30.0 Å². The molecule has 1 aliphatic rings. The van der Waals surface area contributed by atoms with Gasteiger partial charge in [-0.15, -0.1) is 0 Å². The Balaban J connectivity index is 1.98. The van der Waals surface area contributed by atoms with Crippen molar-refractivity contribution in [3.63, 3.8) is 0 Å². The number of rotatable bonds is 4. The molecule has 1 amide bonds. The first kappa shape index (κ1) is 13.8. The van der Waals surface area contributed by atoms with Crippen LogP contribution in [0.3, 0.4) is 0 Å². The SMILES string of the molecule is O=C(Cc1ccc([N+](=O)[O-])cc1Cl)NC1CCNC1. The second kappa shape index (κ2) is 5.99. The van der Waals surface area contributed by atoms with Gasteiger partial charge in [0.05, 0.1) is 16.4 Å². The highest BCUT2D eigenvalue weighted by Crippen LogP contribution is 2.22. The van der Waals surface area contributed by atoms with E-state index in [1.54, 1.807) is 0 Å². The number of nitrogens with one attached hydrogen (secondary N) is 2. The Labute approximate surface area is 115 Å². The van der Waals surface area contributed by atoms with Crippen molar-refractivity contribution < 1.29 is 9.72 Å². The van der Waals surface area contributed by atoms with Crippen molar-refractivity contribution in [2.45, 2.75) is 18.9 Å². The molecule has 1 saturated heterocycles. The maximum Gasteiger partial charge on any atom is 0.270 e. The number of nitro groups is 1. The molecule has 0 spiro atoms. The number of nitrogens with zero attached hydrogens (tertiary/aromatic N) is 1. The number of hydrogen-bond donors (Lipinski definition) is 2. The molecule has 6 nitrogen and oxygen atoms in total. The van der Waals surface area contributed by atoms with Crippen LogP contribution >= 0.6 is 11.6 Å². The summed E-state index contributed by atoms with van der Waals surface area (Å²) in [6, 6.07) is 4.30. The zero-order chi connectivity index (χ0) is 13.8. The molecule has 2 rings (SSSR count).